The summed E-state index contributed by atoms with van der Waals surface area (Å²) in [6.45, 7) is 5.10. The summed E-state index contributed by atoms with van der Waals surface area (Å²) in [5.41, 5.74) is 2.70. The van der Waals surface area contributed by atoms with Crippen molar-refractivity contribution in [1.29, 1.82) is 0 Å². The van der Waals surface area contributed by atoms with Crippen LogP contribution in [0.3, 0.4) is 0 Å². The second kappa shape index (κ2) is 7.30. The Morgan fingerprint density at radius 1 is 1.04 bits per heavy atom. The van der Waals surface area contributed by atoms with Crippen LogP contribution >= 0.6 is 0 Å². The largest absolute Gasteiger partial charge is 0.377 e. The number of ether oxygens (including phenoxy) is 1. The number of hydrogen-bond donors (Lipinski definition) is 0. The van der Waals surface area contributed by atoms with Crippen LogP contribution < -0.4 is 0 Å². The van der Waals surface area contributed by atoms with Crippen LogP contribution in [0.4, 0.5) is 0 Å². The highest BCUT2D eigenvalue weighted by Gasteiger charge is 2.53. The minimum absolute atomic E-state index is 0.474. The lowest BCUT2D eigenvalue weighted by molar-refractivity contribution is -0.00874. The van der Waals surface area contributed by atoms with Gasteiger partial charge < -0.3 is 4.74 Å². The molecule has 27 heavy (non-hydrogen) atoms. The summed E-state index contributed by atoms with van der Waals surface area (Å²) >= 11 is 0. The molecule has 1 aromatic carbocycles. The monoisotopic (exact) mass is 364 g/mol. The first-order chi connectivity index (χ1) is 13.3. The van der Waals surface area contributed by atoms with E-state index in [1.165, 1.54) is 37.1 Å². The molecule has 0 saturated carbocycles. The average molecular weight is 364 g/mol. The summed E-state index contributed by atoms with van der Waals surface area (Å²) in [5, 5.41) is 0. The molecule has 0 unspecified atom stereocenters. The number of likely N-dealkylation sites (tertiary alicyclic amines) is 1. The zero-order valence-corrected chi connectivity index (χ0v) is 16.0. The van der Waals surface area contributed by atoms with E-state index in [0.717, 1.165) is 24.8 Å². The smallest absolute Gasteiger partial charge is 0.153 e. The van der Waals surface area contributed by atoms with Gasteiger partial charge in [-0.15, -0.1) is 0 Å². The fourth-order valence-corrected chi connectivity index (χ4v) is 5.62. The normalized spacial score (nSPS) is 32.6. The van der Waals surface area contributed by atoms with Crippen LogP contribution in [0.1, 0.15) is 35.7 Å². The summed E-state index contributed by atoms with van der Waals surface area (Å²) < 4.78 is 5.13. The Bertz CT molecular complexity index is 758. The van der Waals surface area contributed by atoms with Gasteiger partial charge in [0, 0.05) is 56.2 Å². The molecule has 3 atom stereocenters. The highest BCUT2D eigenvalue weighted by atomic mass is 16.5. The Balaban J connectivity index is 1.40. The Hall–Kier alpha value is -1.82. The van der Waals surface area contributed by atoms with E-state index >= 15 is 0 Å². The van der Waals surface area contributed by atoms with Gasteiger partial charge in [-0.2, -0.15) is 0 Å². The van der Waals surface area contributed by atoms with Gasteiger partial charge in [0.2, 0.25) is 0 Å². The first kappa shape index (κ1) is 17.3. The van der Waals surface area contributed by atoms with Gasteiger partial charge in [0.15, 0.2) is 5.82 Å². The highest BCUT2D eigenvalue weighted by Crippen LogP contribution is 2.46. The van der Waals surface area contributed by atoms with E-state index in [-0.39, 0.29) is 0 Å². The molecule has 4 saturated heterocycles. The third-order valence-electron chi connectivity index (χ3n) is 6.74. The Labute approximate surface area is 161 Å². The van der Waals surface area contributed by atoms with E-state index in [1.807, 2.05) is 12.4 Å². The molecule has 1 aromatic heterocycles. The van der Waals surface area contributed by atoms with Gasteiger partial charge in [0.25, 0.3) is 0 Å². The number of fused-ring (bicyclic) bond motifs is 2. The molecule has 2 bridgehead atoms. The molecular weight excluding hydrogens is 336 g/mol. The van der Waals surface area contributed by atoms with Crippen LogP contribution in [0.2, 0.25) is 0 Å². The van der Waals surface area contributed by atoms with E-state index in [4.69, 9.17) is 4.74 Å². The maximum Gasteiger partial charge on any atom is 0.153 e. The van der Waals surface area contributed by atoms with Gasteiger partial charge in [0.1, 0.15) is 6.61 Å². The van der Waals surface area contributed by atoms with Crippen molar-refractivity contribution in [3.8, 4) is 0 Å². The quantitative estimate of drug-likeness (QED) is 0.816. The van der Waals surface area contributed by atoms with Crippen molar-refractivity contribution in [2.24, 2.45) is 5.92 Å². The summed E-state index contributed by atoms with van der Waals surface area (Å²) in [5.74, 6) is 2.20. The number of benzene rings is 1. The van der Waals surface area contributed by atoms with Crippen molar-refractivity contribution < 1.29 is 4.74 Å². The van der Waals surface area contributed by atoms with Crippen LogP contribution in [-0.4, -0.2) is 58.6 Å². The molecule has 5 heterocycles. The van der Waals surface area contributed by atoms with Gasteiger partial charge in [0.05, 0.1) is 0 Å². The zero-order valence-electron chi connectivity index (χ0n) is 16.0. The lowest BCUT2D eigenvalue weighted by Crippen LogP contribution is -2.59. The lowest BCUT2D eigenvalue weighted by Gasteiger charge is -2.51. The number of piperidine rings is 3. The zero-order chi connectivity index (χ0) is 18.2. The molecule has 0 N–H and O–H groups in total. The SMILES string of the molecule is COCc1ncc(CN2C[C@H](c3ccccc3)[C@H]3[C@@H]2C2CCN3CC2)cn1. The van der Waals surface area contributed by atoms with Crippen molar-refractivity contribution in [1.82, 2.24) is 19.8 Å². The Kier molecular flexibility index (Phi) is 4.68. The van der Waals surface area contributed by atoms with E-state index in [2.05, 4.69) is 50.1 Å². The van der Waals surface area contributed by atoms with E-state index < -0.39 is 0 Å². The lowest BCUT2D eigenvalue weighted by atomic mass is 9.75. The Morgan fingerprint density at radius 2 is 1.78 bits per heavy atom. The van der Waals surface area contributed by atoms with Crippen LogP contribution in [0.25, 0.3) is 0 Å². The number of aromatic nitrogens is 2. The minimum atomic E-state index is 0.474. The predicted molar refractivity (Wildman–Crippen MR) is 104 cm³/mol. The summed E-state index contributed by atoms with van der Waals surface area (Å²) in [7, 11) is 1.68. The van der Waals surface area contributed by atoms with Crippen molar-refractivity contribution in [3.63, 3.8) is 0 Å². The second-order valence-corrected chi connectivity index (χ2v) is 8.24. The standard InChI is InChI=1S/C22H28N4O/c1-27-15-20-23-11-16(12-24-20)13-26-14-19(17-5-3-2-4-6-17)22-21(26)18-7-9-25(22)10-8-18/h2-6,11-12,18-19,21-22H,7-10,13-15H2,1H3/t19-,21+,22+/m1/s1. The van der Waals surface area contributed by atoms with Crippen molar-refractivity contribution in [2.45, 2.75) is 44.0 Å². The average Bonchev–Trinajstić information content (AvgIpc) is 3.13. The van der Waals surface area contributed by atoms with E-state index in [0.29, 0.717) is 24.6 Å². The van der Waals surface area contributed by atoms with Gasteiger partial charge in [-0.25, -0.2) is 9.97 Å². The molecule has 5 heteroatoms. The van der Waals surface area contributed by atoms with Crippen molar-refractivity contribution in [2.75, 3.05) is 26.7 Å². The van der Waals surface area contributed by atoms with E-state index in [1.54, 1.807) is 7.11 Å². The van der Waals surface area contributed by atoms with E-state index in [9.17, 15) is 0 Å². The molecule has 2 aromatic rings. The molecule has 4 aliphatic rings. The molecule has 6 rings (SSSR count). The van der Waals surface area contributed by atoms with Crippen molar-refractivity contribution >= 4 is 0 Å². The van der Waals surface area contributed by atoms with Crippen LogP contribution in [0.5, 0.6) is 0 Å². The molecule has 0 aliphatic carbocycles. The number of rotatable bonds is 5. The number of nitrogens with zero attached hydrogens (tertiary/aromatic N) is 4. The Morgan fingerprint density at radius 3 is 2.48 bits per heavy atom. The van der Waals surface area contributed by atoms with Crippen molar-refractivity contribution in [3.05, 3.63) is 59.7 Å². The van der Waals surface area contributed by atoms with Gasteiger partial charge in [-0.3, -0.25) is 9.80 Å². The molecule has 0 amide bonds. The minimum Gasteiger partial charge on any atom is -0.377 e. The maximum absolute atomic E-state index is 5.13. The molecule has 0 spiro atoms. The predicted octanol–water partition coefficient (Wildman–Crippen LogP) is 2.69. The summed E-state index contributed by atoms with van der Waals surface area (Å²) in [6.07, 6.45) is 6.66. The molecule has 4 fully saturated rings. The molecule has 142 valence electrons. The first-order valence-corrected chi connectivity index (χ1v) is 10.2. The third kappa shape index (κ3) is 3.18. The molecular formula is C22H28N4O. The fourth-order valence-electron chi connectivity index (χ4n) is 5.62. The van der Waals surface area contributed by atoms with Gasteiger partial charge >= 0.3 is 0 Å². The summed E-state index contributed by atoms with van der Waals surface area (Å²) in [4.78, 5) is 14.4. The molecule has 5 nitrogen and oxygen atoms in total. The van der Waals surface area contributed by atoms with Gasteiger partial charge in [-0.05, 0) is 37.4 Å². The third-order valence-corrected chi connectivity index (χ3v) is 6.74. The first-order valence-electron chi connectivity index (χ1n) is 10.2. The second-order valence-electron chi connectivity index (χ2n) is 8.24. The van der Waals surface area contributed by atoms with Crippen LogP contribution in [0, 0.1) is 5.92 Å². The summed E-state index contributed by atoms with van der Waals surface area (Å²) in [6, 6.07) is 12.5. The highest BCUT2D eigenvalue weighted by molar-refractivity contribution is 5.27. The maximum atomic E-state index is 5.13. The number of hydrogen-bond acceptors (Lipinski definition) is 5. The van der Waals surface area contributed by atoms with Crippen LogP contribution in [-0.2, 0) is 17.9 Å². The molecule has 4 aliphatic heterocycles. The van der Waals surface area contributed by atoms with Gasteiger partial charge in [-0.1, -0.05) is 30.3 Å². The molecule has 0 radical (unpaired) electrons. The van der Waals surface area contributed by atoms with Crippen LogP contribution in [0.15, 0.2) is 42.7 Å². The number of methoxy groups -OCH3 is 1. The fraction of sp³-hybridized carbons (Fsp3) is 0.545. The topological polar surface area (TPSA) is 41.5 Å².